The van der Waals surface area contributed by atoms with Crippen LogP contribution in [0, 0.1) is 0 Å². The molecule has 0 aliphatic heterocycles. The van der Waals surface area contributed by atoms with Gasteiger partial charge in [0.2, 0.25) is 0 Å². The SMILES string of the molecule is CC(C)c1cc(-c2ccccc2)cc(C(C)C)c1-n1ccnc1-c1cccc2c1oc1cc3c(ccc4ccccc43)cc12. The van der Waals surface area contributed by atoms with Crippen molar-refractivity contribution in [1.82, 2.24) is 9.55 Å². The number of nitrogens with zero attached hydrogens (tertiary/aromatic N) is 2. The average Bonchev–Trinajstić information content (AvgIpc) is 3.68. The fourth-order valence-corrected chi connectivity index (χ4v) is 6.79. The van der Waals surface area contributed by atoms with E-state index in [2.05, 4.69) is 148 Å². The summed E-state index contributed by atoms with van der Waals surface area (Å²) in [4.78, 5) is 4.96. The van der Waals surface area contributed by atoms with Gasteiger partial charge in [-0.3, -0.25) is 4.57 Å². The van der Waals surface area contributed by atoms with Crippen LogP contribution in [0.1, 0.15) is 50.7 Å². The molecule has 0 aliphatic carbocycles. The quantitative estimate of drug-likeness (QED) is 0.193. The zero-order chi connectivity index (χ0) is 29.9. The number of furan rings is 1. The first-order valence-electron chi connectivity index (χ1n) is 15.5. The highest BCUT2D eigenvalue weighted by molar-refractivity contribution is 6.17. The van der Waals surface area contributed by atoms with Crippen molar-refractivity contribution in [3.05, 3.63) is 133 Å². The van der Waals surface area contributed by atoms with Crippen LogP contribution in [0.4, 0.5) is 0 Å². The van der Waals surface area contributed by atoms with Gasteiger partial charge in [0.25, 0.3) is 0 Å². The summed E-state index contributed by atoms with van der Waals surface area (Å²) in [5, 5.41) is 7.13. The van der Waals surface area contributed by atoms with Crippen molar-refractivity contribution in [2.24, 2.45) is 0 Å². The summed E-state index contributed by atoms with van der Waals surface area (Å²) in [6, 6.07) is 39.3. The number of rotatable bonds is 5. The van der Waals surface area contributed by atoms with Crippen LogP contribution in [-0.4, -0.2) is 9.55 Å². The molecule has 214 valence electrons. The Bertz CT molecular complexity index is 2310. The molecule has 2 heterocycles. The third-order valence-corrected chi connectivity index (χ3v) is 9.00. The van der Waals surface area contributed by atoms with E-state index in [0.29, 0.717) is 11.8 Å². The smallest absolute Gasteiger partial charge is 0.148 e. The van der Waals surface area contributed by atoms with Crippen LogP contribution < -0.4 is 0 Å². The van der Waals surface area contributed by atoms with Crippen molar-refractivity contribution in [3.8, 4) is 28.2 Å². The number of hydrogen-bond donors (Lipinski definition) is 0. The summed E-state index contributed by atoms with van der Waals surface area (Å²) in [5.74, 6) is 1.54. The summed E-state index contributed by atoms with van der Waals surface area (Å²) in [7, 11) is 0. The van der Waals surface area contributed by atoms with Gasteiger partial charge >= 0.3 is 0 Å². The van der Waals surface area contributed by atoms with E-state index in [9.17, 15) is 0 Å². The van der Waals surface area contributed by atoms with Crippen LogP contribution in [0.25, 0.3) is 71.7 Å². The Morgan fingerprint density at radius 1 is 0.591 bits per heavy atom. The van der Waals surface area contributed by atoms with Gasteiger partial charge < -0.3 is 4.42 Å². The molecule has 2 aromatic heterocycles. The predicted molar refractivity (Wildman–Crippen MR) is 185 cm³/mol. The van der Waals surface area contributed by atoms with Gasteiger partial charge in [-0.05, 0) is 86.0 Å². The monoisotopic (exact) mass is 570 g/mol. The molecule has 0 spiro atoms. The number of aromatic nitrogens is 2. The van der Waals surface area contributed by atoms with E-state index < -0.39 is 0 Å². The second kappa shape index (κ2) is 10.2. The van der Waals surface area contributed by atoms with Gasteiger partial charge in [0.1, 0.15) is 17.0 Å². The van der Waals surface area contributed by atoms with E-state index in [1.165, 1.54) is 49.5 Å². The maximum atomic E-state index is 6.73. The lowest BCUT2D eigenvalue weighted by Crippen LogP contribution is -2.08. The zero-order valence-corrected chi connectivity index (χ0v) is 25.5. The number of fused-ring (bicyclic) bond motifs is 6. The standard InChI is InChI=1S/C41H34N2O/c1-25(2)34-22-30(27-11-6-5-7-12-27)23-35(26(3)4)39(34)43-20-19-42-41(43)33-16-10-15-32-37-21-29-18-17-28-13-8-9-14-31(28)36(29)24-38(37)44-40(32)33/h5-26H,1-4H3. The molecule has 0 atom stereocenters. The highest BCUT2D eigenvalue weighted by Gasteiger charge is 2.23. The Hall–Kier alpha value is -5.15. The maximum Gasteiger partial charge on any atom is 0.148 e. The Morgan fingerprint density at radius 2 is 1.30 bits per heavy atom. The van der Waals surface area contributed by atoms with Crippen LogP contribution >= 0.6 is 0 Å². The van der Waals surface area contributed by atoms with Crippen molar-refractivity contribution in [3.63, 3.8) is 0 Å². The molecular weight excluding hydrogens is 536 g/mol. The van der Waals surface area contributed by atoms with E-state index in [0.717, 1.165) is 33.3 Å². The molecule has 0 fully saturated rings. The lowest BCUT2D eigenvalue weighted by Gasteiger charge is -2.23. The van der Waals surface area contributed by atoms with Gasteiger partial charge in [-0.1, -0.05) is 107 Å². The predicted octanol–water partition coefficient (Wildman–Crippen LogP) is 11.7. The van der Waals surface area contributed by atoms with Crippen LogP contribution in [0.3, 0.4) is 0 Å². The fourth-order valence-electron chi connectivity index (χ4n) is 6.79. The first kappa shape index (κ1) is 26.5. The van der Waals surface area contributed by atoms with Gasteiger partial charge in [-0.15, -0.1) is 0 Å². The summed E-state index contributed by atoms with van der Waals surface area (Å²) in [6.07, 6.45) is 4.02. The van der Waals surface area contributed by atoms with Crippen LogP contribution in [0.5, 0.6) is 0 Å². The molecule has 0 aliphatic rings. The number of para-hydroxylation sites is 1. The molecule has 6 aromatic carbocycles. The van der Waals surface area contributed by atoms with Crippen molar-refractivity contribution >= 4 is 43.5 Å². The molecule has 44 heavy (non-hydrogen) atoms. The highest BCUT2D eigenvalue weighted by Crippen LogP contribution is 2.41. The van der Waals surface area contributed by atoms with Crippen LogP contribution in [-0.2, 0) is 0 Å². The van der Waals surface area contributed by atoms with Gasteiger partial charge in [0.05, 0.1) is 11.3 Å². The molecule has 0 saturated carbocycles. The van der Waals surface area contributed by atoms with Crippen molar-refractivity contribution in [2.75, 3.05) is 0 Å². The molecule has 0 unspecified atom stereocenters. The maximum absolute atomic E-state index is 6.73. The highest BCUT2D eigenvalue weighted by atomic mass is 16.3. The second-order valence-corrected chi connectivity index (χ2v) is 12.4. The third kappa shape index (κ3) is 4.15. The van der Waals surface area contributed by atoms with Crippen LogP contribution in [0.2, 0.25) is 0 Å². The average molecular weight is 571 g/mol. The van der Waals surface area contributed by atoms with E-state index >= 15 is 0 Å². The molecule has 3 heteroatoms. The van der Waals surface area contributed by atoms with Crippen LogP contribution in [0.15, 0.2) is 126 Å². The first-order chi connectivity index (χ1) is 21.5. The first-order valence-corrected chi connectivity index (χ1v) is 15.5. The summed E-state index contributed by atoms with van der Waals surface area (Å²) < 4.78 is 9.02. The van der Waals surface area contributed by atoms with Gasteiger partial charge in [-0.25, -0.2) is 4.98 Å². The molecule has 0 N–H and O–H groups in total. The van der Waals surface area contributed by atoms with Gasteiger partial charge in [0.15, 0.2) is 0 Å². The van der Waals surface area contributed by atoms with Gasteiger partial charge in [0, 0.05) is 23.2 Å². The molecule has 0 radical (unpaired) electrons. The minimum absolute atomic E-state index is 0.325. The lowest BCUT2D eigenvalue weighted by atomic mass is 9.88. The van der Waals surface area contributed by atoms with E-state index in [4.69, 9.17) is 9.40 Å². The molecular formula is C41H34N2O. The molecule has 0 saturated heterocycles. The topological polar surface area (TPSA) is 31.0 Å². The lowest BCUT2D eigenvalue weighted by molar-refractivity contribution is 0.670. The second-order valence-electron chi connectivity index (χ2n) is 12.4. The fraction of sp³-hybridized carbons (Fsp3) is 0.146. The minimum Gasteiger partial charge on any atom is -0.455 e. The summed E-state index contributed by atoms with van der Waals surface area (Å²) in [6.45, 7) is 9.12. The summed E-state index contributed by atoms with van der Waals surface area (Å²) in [5.41, 5.74) is 9.08. The Kier molecular flexibility index (Phi) is 6.16. The normalized spacial score (nSPS) is 12.0. The Balaban J connectivity index is 1.36. The summed E-state index contributed by atoms with van der Waals surface area (Å²) >= 11 is 0. The number of benzene rings is 6. The largest absolute Gasteiger partial charge is 0.455 e. The minimum atomic E-state index is 0.325. The van der Waals surface area contributed by atoms with E-state index in [-0.39, 0.29) is 0 Å². The number of imidazole rings is 1. The van der Waals surface area contributed by atoms with Crippen molar-refractivity contribution < 1.29 is 4.42 Å². The Morgan fingerprint density at radius 3 is 2.07 bits per heavy atom. The molecule has 8 rings (SSSR count). The van der Waals surface area contributed by atoms with Gasteiger partial charge in [-0.2, -0.15) is 0 Å². The third-order valence-electron chi connectivity index (χ3n) is 9.00. The van der Waals surface area contributed by atoms with Crippen molar-refractivity contribution in [1.29, 1.82) is 0 Å². The van der Waals surface area contributed by atoms with Crippen molar-refractivity contribution in [2.45, 2.75) is 39.5 Å². The number of hydrogen-bond acceptors (Lipinski definition) is 2. The zero-order valence-electron chi connectivity index (χ0n) is 25.5. The van der Waals surface area contributed by atoms with E-state index in [1.807, 2.05) is 6.20 Å². The molecule has 0 bridgehead atoms. The molecule has 8 aromatic rings. The molecule has 0 amide bonds. The van der Waals surface area contributed by atoms with E-state index in [1.54, 1.807) is 0 Å². The Labute approximate surface area is 257 Å². The molecule has 3 nitrogen and oxygen atoms in total.